The summed E-state index contributed by atoms with van der Waals surface area (Å²) in [7, 11) is 0. The highest BCUT2D eigenvalue weighted by atomic mass is 16.4. The average Bonchev–Trinajstić information content (AvgIpc) is 3.24. The summed E-state index contributed by atoms with van der Waals surface area (Å²) in [5, 5.41) is 0. The van der Waals surface area contributed by atoms with Gasteiger partial charge in [-0.05, 0) is 31.0 Å². The second kappa shape index (κ2) is 10.9. The summed E-state index contributed by atoms with van der Waals surface area (Å²) >= 11 is 0. The number of nitrogens with zero attached hydrogens (tertiary/aromatic N) is 3. The van der Waals surface area contributed by atoms with Crippen molar-refractivity contribution in [3.8, 4) is 11.5 Å². The van der Waals surface area contributed by atoms with Crippen LogP contribution in [0, 0.1) is 6.92 Å². The lowest BCUT2D eigenvalue weighted by molar-refractivity contribution is -0.118. The maximum absolute atomic E-state index is 13.7. The van der Waals surface area contributed by atoms with Gasteiger partial charge in [0.15, 0.2) is 5.69 Å². The second-order valence-corrected chi connectivity index (χ2v) is 8.53. The molecule has 4 aromatic rings. The van der Waals surface area contributed by atoms with Crippen molar-refractivity contribution in [1.82, 2.24) is 14.5 Å². The van der Waals surface area contributed by atoms with Gasteiger partial charge in [0.1, 0.15) is 11.6 Å². The largest absolute Gasteiger partial charge is 0.441 e. The van der Waals surface area contributed by atoms with Gasteiger partial charge in [-0.15, -0.1) is 0 Å². The van der Waals surface area contributed by atoms with Gasteiger partial charge in [0.05, 0.1) is 18.7 Å². The highest BCUT2D eigenvalue weighted by Gasteiger charge is 2.26. The molecule has 0 aliphatic heterocycles. The molecule has 2 heterocycles. The number of carbonyl (C=O) groups is 1. The van der Waals surface area contributed by atoms with Gasteiger partial charge >= 0.3 is 5.69 Å². The number of aromatic amines is 1. The number of unbranched alkanes of at least 4 members (excludes halogenated alkanes) is 1. The molecule has 0 unspecified atom stereocenters. The number of aryl methyl sites for hydroxylation is 1. The van der Waals surface area contributed by atoms with E-state index in [1.807, 2.05) is 67.6 Å². The quantitative estimate of drug-likeness (QED) is 0.371. The van der Waals surface area contributed by atoms with Gasteiger partial charge in [0.2, 0.25) is 11.8 Å². The van der Waals surface area contributed by atoms with Crippen LogP contribution in [0.25, 0.3) is 11.5 Å². The van der Waals surface area contributed by atoms with E-state index >= 15 is 0 Å². The van der Waals surface area contributed by atoms with Gasteiger partial charge in [-0.25, -0.2) is 9.78 Å². The molecule has 186 valence electrons. The van der Waals surface area contributed by atoms with Crippen LogP contribution in [0.1, 0.15) is 36.8 Å². The second-order valence-electron chi connectivity index (χ2n) is 8.53. The zero-order valence-electron chi connectivity index (χ0n) is 20.4. The highest BCUT2D eigenvalue weighted by molar-refractivity contribution is 5.96. The van der Waals surface area contributed by atoms with Crippen LogP contribution in [0.4, 0.5) is 11.5 Å². The predicted molar refractivity (Wildman–Crippen MR) is 139 cm³/mol. The number of nitrogens with two attached hydrogens (primary N) is 1. The number of amides is 1. The Balaban J connectivity index is 1.73. The Bertz CT molecular complexity index is 1460. The molecule has 1 amide bonds. The molecule has 0 saturated carbocycles. The molecule has 4 rings (SSSR count). The van der Waals surface area contributed by atoms with E-state index in [2.05, 4.69) is 9.97 Å². The molecule has 2 aromatic carbocycles. The third kappa shape index (κ3) is 5.30. The Morgan fingerprint density at radius 3 is 2.42 bits per heavy atom. The van der Waals surface area contributed by atoms with Gasteiger partial charge in [-0.2, -0.15) is 0 Å². The summed E-state index contributed by atoms with van der Waals surface area (Å²) in [6.07, 6.45) is 1.42. The van der Waals surface area contributed by atoms with Crippen LogP contribution in [-0.2, 0) is 24.3 Å². The first-order chi connectivity index (χ1) is 17.4. The molecule has 0 aliphatic rings. The van der Waals surface area contributed by atoms with E-state index in [-0.39, 0.29) is 24.5 Å². The SMILES string of the molecule is CCCCn1c(N)c(N(Cc2ccccc2)C(=O)Cc2nc(-c3ccccc3)oc2C)c(=O)[nH]c1=O. The third-order valence-corrected chi connectivity index (χ3v) is 5.94. The van der Waals surface area contributed by atoms with Crippen molar-refractivity contribution in [3.05, 3.63) is 98.5 Å². The number of nitrogens with one attached hydrogen (secondary N) is 1. The molecule has 0 spiro atoms. The molecule has 0 radical (unpaired) electrons. The Labute approximate surface area is 208 Å². The van der Waals surface area contributed by atoms with Crippen molar-refractivity contribution >= 4 is 17.4 Å². The number of anilines is 2. The first-order valence-corrected chi connectivity index (χ1v) is 11.9. The Hall–Kier alpha value is -4.40. The molecule has 3 N–H and O–H groups in total. The fraction of sp³-hybridized carbons (Fsp3) is 0.259. The normalized spacial score (nSPS) is 10.9. The number of oxazole rings is 1. The molecule has 0 saturated heterocycles. The standard InChI is InChI=1S/C27H29N5O4/c1-3-4-15-31-24(28)23(25(34)30-27(31)35)32(17-19-11-7-5-8-12-19)22(33)16-21-18(2)36-26(29-21)20-13-9-6-10-14-20/h5-14H,3-4,15-17,28H2,1-2H3,(H,30,34,35). The fourth-order valence-corrected chi connectivity index (χ4v) is 3.97. The maximum Gasteiger partial charge on any atom is 0.330 e. The number of hydrogen-bond donors (Lipinski definition) is 2. The van der Waals surface area contributed by atoms with E-state index in [0.717, 1.165) is 17.5 Å². The minimum Gasteiger partial charge on any atom is -0.441 e. The van der Waals surface area contributed by atoms with E-state index in [9.17, 15) is 14.4 Å². The first kappa shape index (κ1) is 24.7. The lowest BCUT2D eigenvalue weighted by atomic mass is 10.1. The van der Waals surface area contributed by atoms with Crippen LogP contribution in [0.2, 0.25) is 0 Å². The molecule has 2 aromatic heterocycles. The molecule has 0 fully saturated rings. The number of rotatable bonds is 9. The molecule has 0 bridgehead atoms. The Morgan fingerprint density at radius 2 is 1.75 bits per heavy atom. The summed E-state index contributed by atoms with van der Waals surface area (Å²) in [5.41, 5.74) is 7.04. The highest BCUT2D eigenvalue weighted by Crippen LogP contribution is 2.24. The number of benzene rings is 2. The molecule has 36 heavy (non-hydrogen) atoms. The topological polar surface area (TPSA) is 127 Å². The molecule has 0 aliphatic carbocycles. The van der Waals surface area contributed by atoms with E-state index in [1.54, 1.807) is 6.92 Å². The summed E-state index contributed by atoms with van der Waals surface area (Å²) < 4.78 is 7.12. The minimum absolute atomic E-state index is 0.0386. The minimum atomic E-state index is -0.712. The van der Waals surface area contributed by atoms with Crippen molar-refractivity contribution in [2.45, 2.75) is 46.2 Å². The summed E-state index contributed by atoms with van der Waals surface area (Å²) in [6, 6.07) is 18.7. The van der Waals surface area contributed by atoms with Crippen LogP contribution in [-0.4, -0.2) is 20.4 Å². The van der Waals surface area contributed by atoms with Crippen LogP contribution in [0.3, 0.4) is 0 Å². The third-order valence-electron chi connectivity index (χ3n) is 5.94. The molecule has 9 nitrogen and oxygen atoms in total. The average molecular weight is 488 g/mol. The van der Waals surface area contributed by atoms with Crippen LogP contribution in [0.5, 0.6) is 0 Å². The number of H-pyrrole nitrogens is 1. The van der Waals surface area contributed by atoms with Gasteiger partial charge < -0.3 is 10.2 Å². The molecular formula is C27H29N5O4. The van der Waals surface area contributed by atoms with Crippen molar-refractivity contribution < 1.29 is 9.21 Å². The lowest BCUT2D eigenvalue weighted by Crippen LogP contribution is -2.41. The molecular weight excluding hydrogens is 458 g/mol. The fourth-order valence-electron chi connectivity index (χ4n) is 3.97. The van der Waals surface area contributed by atoms with Crippen molar-refractivity contribution in [1.29, 1.82) is 0 Å². The lowest BCUT2D eigenvalue weighted by Gasteiger charge is -2.24. The number of aromatic nitrogens is 3. The van der Waals surface area contributed by atoms with E-state index in [0.29, 0.717) is 30.3 Å². The van der Waals surface area contributed by atoms with E-state index in [4.69, 9.17) is 10.2 Å². The van der Waals surface area contributed by atoms with Gasteiger partial charge in [-0.3, -0.25) is 24.0 Å². The van der Waals surface area contributed by atoms with Gasteiger partial charge in [0, 0.05) is 12.1 Å². The van der Waals surface area contributed by atoms with Crippen molar-refractivity contribution in [2.24, 2.45) is 0 Å². The van der Waals surface area contributed by atoms with Crippen LogP contribution in [0.15, 0.2) is 74.7 Å². The smallest absolute Gasteiger partial charge is 0.330 e. The monoisotopic (exact) mass is 487 g/mol. The van der Waals surface area contributed by atoms with Crippen LogP contribution >= 0.6 is 0 Å². The van der Waals surface area contributed by atoms with E-state index in [1.165, 1.54) is 9.47 Å². The summed E-state index contributed by atoms with van der Waals surface area (Å²) in [6.45, 7) is 4.17. The van der Waals surface area contributed by atoms with Crippen LogP contribution < -0.4 is 21.9 Å². The number of nitrogen functional groups attached to an aromatic ring is 1. The predicted octanol–water partition coefficient (Wildman–Crippen LogP) is 3.66. The molecule has 0 atom stereocenters. The maximum atomic E-state index is 13.7. The van der Waals surface area contributed by atoms with Crippen molar-refractivity contribution in [2.75, 3.05) is 10.6 Å². The van der Waals surface area contributed by atoms with E-state index < -0.39 is 17.2 Å². The zero-order chi connectivity index (χ0) is 25.7. The summed E-state index contributed by atoms with van der Waals surface area (Å²) in [5.74, 6) is 0.490. The zero-order valence-corrected chi connectivity index (χ0v) is 20.4. The first-order valence-electron chi connectivity index (χ1n) is 11.9. The summed E-state index contributed by atoms with van der Waals surface area (Å²) in [4.78, 5) is 47.3. The van der Waals surface area contributed by atoms with Gasteiger partial charge in [0.25, 0.3) is 5.56 Å². The molecule has 9 heteroatoms. The van der Waals surface area contributed by atoms with Gasteiger partial charge in [-0.1, -0.05) is 61.9 Å². The Kier molecular flexibility index (Phi) is 7.48. The Morgan fingerprint density at radius 1 is 1.08 bits per heavy atom. The number of hydrogen-bond acceptors (Lipinski definition) is 6. The number of carbonyl (C=O) groups excluding carboxylic acids is 1. The van der Waals surface area contributed by atoms with Crippen molar-refractivity contribution in [3.63, 3.8) is 0 Å².